The van der Waals surface area contributed by atoms with Gasteiger partial charge in [-0.05, 0) is 39.1 Å². The fraction of sp³-hybridized carbons (Fsp3) is 0.308. The maximum absolute atomic E-state index is 13.7. The normalized spacial score (nSPS) is 16.1. The molecule has 192 valence electrons. The van der Waals surface area contributed by atoms with Gasteiger partial charge >= 0.3 is 11.9 Å². The zero-order valence-electron chi connectivity index (χ0n) is 20.8. The lowest BCUT2D eigenvalue weighted by Gasteiger charge is -2.31. The summed E-state index contributed by atoms with van der Waals surface area (Å²) in [6.45, 7) is 3.85. The van der Waals surface area contributed by atoms with Crippen LogP contribution in [0.5, 0.6) is 0 Å². The molecule has 9 nitrogen and oxygen atoms in total. The summed E-state index contributed by atoms with van der Waals surface area (Å²) in [5.74, 6) is -2.18. The van der Waals surface area contributed by atoms with Crippen molar-refractivity contribution in [2.45, 2.75) is 25.9 Å². The van der Waals surface area contributed by atoms with E-state index in [1.807, 2.05) is 49.3 Å². The number of allylic oxidation sites excluding steroid dienone is 2. The molecule has 1 heterocycles. The quantitative estimate of drug-likeness (QED) is 0.315. The molecule has 0 spiro atoms. The molecule has 0 saturated carbocycles. The summed E-state index contributed by atoms with van der Waals surface area (Å²) in [6.07, 6.45) is -0.571. The molecule has 2 aromatic rings. The second-order valence-corrected chi connectivity index (χ2v) is 8.55. The van der Waals surface area contributed by atoms with Gasteiger partial charge in [0.15, 0.2) is 0 Å². The lowest BCUT2D eigenvalue weighted by molar-refractivity contribution is -0.384. The van der Waals surface area contributed by atoms with Gasteiger partial charge in [-0.3, -0.25) is 10.1 Å². The van der Waals surface area contributed by atoms with E-state index in [1.165, 1.54) is 25.3 Å². The van der Waals surface area contributed by atoms with Gasteiger partial charge in [-0.25, -0.2) is 9.59 Å². The minimum atomic E-state index is -0.910. The Kier molecular flexibility index (Phi) is 9.77. The molecule has 10 heteroatoms. The fourth-order valence-corrected chi connectivity index (χ4v) is 4.20. The second kappa shape index (κ2) is 12.3. The van der Waals surface area contributed by atoms with Gasteiger partial charge in [0, 0.05) is 30.1 Å². The molecule has 0 aromatic heterocycles. The minimum absolute atomic E-state index is 0. The van der Waals surface area contributed by atoms with Crippen molar-refractivity contribution in [1.82, 2.24) is 10.2 Å². The third-order valence-corrected chi connectivity index (χ3v) is 5.75. The number of nitro benzene ring substituents is 1. The van der Waals surface area contributed by atoms with E-state index >= 15 is 0 Å². The van der Waals surface area contributed by atoms with Gasteiger partial charge in [0.25, 0.3) is 5.69 Å². The van der Waals surface area contributed by atoms with Gasteiger partial charge < -0.3 is 19.7 Å². The lowest BCUT2D eigenvalue weighted by atomic mass is 9.80. The maximum Gasteiger partial charge on any atom is 0.337 e. The van der Waals surface area contributed by atoms with Crippen LogP contribution in [0.2, 0.25) is 0 Å². The largest absolute Gasteiger partial charge is 0.466 e. The zero-order valence-corrected chi connectivity index (χ0v) is 21.6. The Hall–Kier alpha value is -3.69. The van der Waals surface area contributed by atoms with Crippen LogP contribution in [0, 0.1) is 10.1 Å². The van der Waals surface area contributed by atoms with Crippen molar-refractivity contribution in [3.05, 3.63) is 98.4 Å². The van der Waals surface area contributed by atoms with E-state index in [4.69, 9.17) is 9.47 Å². The number of rotatable bonds is 8. The molecule has 2 unspecified atom stereocenters. The highest BCUT2D eigenvalue weighted by atomic mass is 35.5. The van der Waals surface area contributed by atoms with E-state index in [2.05, 4.69) is 5.32 Å². The monoisotopic (exact) mass is 515 g/mol. The Morgan fingerprint density at radius 3 is 2.19 bits per heavy atom. The molecule has 1 N–H and O–H groups in total. The highest BCUT2D eigenvalue weighted by Gasteiger charge is 2.39. The van der Waals surface area contributed by atoms with Crippen LogP contribution in [0.4, 0.5) is 5.69 Å². The number of ether oxygens (including phenoxy) is 2. The van der Waals surface area contributed by atoms with Gasteiger partial charge in [-0.1, -0.05) is 42.5 Å². The Balaban J connectivity index is 0.00000456. The third-order valence-electron chi connectivity index (χ3n) is 5.75. The molecule has 2 aromatic carbocycles. The van der Waals surface area contributed by atoms with E-state index in [9.17, 15) is 19.7 Å². The Morgan fingerprint density at radius 1 is 1.03 bits per heavy atom. The first kappa shape index (κ1) is 28.5. The fourth-order valence-electron chi connectivity index (χ4n) is 4.20. The lowest BCUT2D eigenvalue weighted by Crippen LogP contribution is -2.33. The summed E-state index contributed by atoms with van der Waals surface area (Å²) < 4.78 is 11.0. The van der Waals surface area contributed by atoms with Crippen molar-refractivity contribution in [2.75, 3.05) is 27.7 Å². The first-order valence-electron chi connectivity index (χ1n) is 11.1. The number of benzene rings is 2. The van der Waals surface area contributed by atoms with Crippen molar-refractivity contribution in [2.24, 2.45) is 0 Å². The predicted octanol–water partition coefficient (Wildman–Crippen LogP) is 4.27. The summed E-state index contributed by atoms with van der Waals surface area (Å²) in [6, 6.07) is 15.3. The van der Waals surface area contributed by atoms with Crippen LogP contribution in [-0.4, -0.2) is 49.5 Å². The number of hydrogen-bond donors (Lipinski definition) is 1. The number of nitrogens with zero attached hydrogens (tertiary/aromatic N) is 2. The summed E-state index contributed by atoms with van der Waals surface area (Å²) in [5, 5.41) is 14.5. The summed E-state index contributed by atoms with van der Waals surface area (Å²) in [5.41, 5.74) is 2.45. The van der Waals surface area contributed by atoms with Crippen LogP contribution in [-0.2, 0) is 19.1 Å². The van der Waals surface area contributed by atoms with Gasteiger partial charge in [0.1, 0.15) is 6.10 Å². The minimum Gasteiger partial charge on any atom is -0.466 e. The standard InChI is InChI=1S/C26H29N3O6.ClH/c1-16-22(25(30)34-5)24(19-12-9-13-20(14-19)29(32)33)23(17(2)27-16)26(31)35-21(15-28(3)4)18-10-7-6-8-11-18;/h6-14,21,24,27H,15H2,1-5H3;1H. The number of halogens is 1. The highest BCUT2D eigenvalue weighted by Crippen LogP contribution is 2.40. The van der Waals surface area contributed by atoms with Crippen molar-refractivity contribution >= 4 is 30.0 Å². The summed E-state index contributed by atoms with van der Waals surface area (Å²) in [7, 11) is 5.01. The van der Waals surface area contributed by atoms with Crippen LogP contribution in [0.15, 0.2) is 77.1 Å². The number of esters is 2. The number of hydrogen-bond acceptors (Lipinski definition) is 8. The molecule has 0 fully saturated rings. The van der Waals surface area contributed by atoms with Crippen LogP contribution in [0.3, 0.4) is 0 Å². The molecule has 0 saturated heterocycles. The van der Waals surface area contributed by atoms with E-state index in [0.717, 1.165) is 5.56 Å². The Bertz CT molecular complexity index is 1190. The first-order valence-corrected chi connectivity index (χ1v) is 11.1. The molecule has 0 aliphatic carbocycles. The average molecular weight is 516 g/mol. The van der Waals surface area contributed by atoms with E-state index in [0.29, 0.717) is 23.5 Å². The van der Waals surface area contributed by atoms with Crippen molar-refractivity contribution in [1.29, 1.82) is 0 Å². The number of likely N-dealkylation sites (N-methyl/N-ethyl adjacent to an activating group) is 1. The zero-order chi connectivity index (χ0) is 25.7. The molecule has 36 heavy (non-hydrogen) atoms. The van der Waals surface area contributed by atoms with Gasteiger partial charge in [0.2, 0.25) is 0 Å². The average Bonchev–Trinajstić information content (AvgIpc) is 2.83. The van der Waals surface area contributed by atoms with E-state index in [-0.39, 0.29) is 29.2 Å². The number of carbonyl (C=O) groups is 2. The van der Waals surface area contributed by atoms with Crippen LogP contribution in [0.25, 0.3) is 0 Å². The third kappa shape index (κ3) is 6.30. The molecule has 1 aliphatic heterocycles. The number of methoxy groups -OCH3 is 1. The maximum atomic E-state index is 13.7. The van der Waals surface area contributed by atoms with Crippen LogP contribution in [0.1, 0.15) is 37.0 Å². The number of nitrogens with one attached hydrogen (secondary N) is 1. The number of non-ortho nitro benzene ring substituents is 1. The topological polar surface area (TPSA) is 111 Å². The first-order chi connectivity index (χ1) is 16.6. The van der Waals surface area contributed by atoms with E-state index in [1.54, 1.807) is 19.9 Å². The van der Waals surface area contributed by atoms with Crippen LogP contribution >= 0.6 is 12.4 Å². The van der Waals surface area contributed by atoms with E-state index < -0.39 is 28.9 Å². The molecule has 0 radical (unpaired) electrons. The molecule has 1 aliphatic rings. The molecule has 0 amide bonds. The molecule has 2 atom stereocenters. The molecule has 0 bridgehead atoms. The molecular weight excluding hydrogens is 486 g/mol. The van der Waals surface area contributed by atoms with Gasteiger partial charge in [-0.2, -0.15) is 0 Å². The second-order valence-electron chi connectivity index (χ2n) is 8.55. The number of dihydropyridines is 1. The van der Waals surface area contributed by atoms with Crippen molar-refractivity contribution in [3.63, 3.8) is 0 Å². The Morgan fingerprint density at radius 2 is 1.64 bits per heavy atom. The summed E-state index contributed by atoms with van der Waals surface area (Å²) >= 11 is 0. The predicted molar refractivity (Wildman–Crippen MR) is 137 cm³/mol. The van der Waals surface area contributed by atoms with Gasteiger partial charge in [-0.15, -0.1) is 12.4 Å². The number of nitro groups is 1. The summed E-state index contributed by atoms with van der Waals surface area (Å²) in [4.78, 5) is 39.3. The van der Waals surface area contributed by atoms with Crippen LogP contribution < -0.4 is 5.32 Å². The molecule has 3 rings (SSSR count). The highest BCUT2D eigenvalue weighted by molar-refractivity contribution is 6.00. The van der Waals surface area contributed by atoms with Gasteiger partial charge in [0.05, 0.1) is 29.1 Å². The van der Waals surface area contributed by atoms with Crippen molar-refractivity contribution in [3.8, 4) is 0 Å². The SMILES string of the molecule is COC(=O)C1=C(C)NC(C)=C(C(=O)OC(CN(C)C)c2ccccc2)C1c1cccc([N+](=O)[O-])c1.Cl. The molecular formula is C26H30ClN3O6. The van der Waals surface area contributed by atoms with Crippen molar-refractivity contribution < 1.29 is 24.0 Å². The Labute approximate surface area is 216 Å². The smallest absolute Gasteiger partial charge is 0.337 e. The number of carbonyl (C=O) groups excluding carboxylic acids is 2.